The highest BCUT2D eigenvalue weighted by atomic mass is 19.1. The highest BCUT2D eigenvalue weighted by Crippen LogP contribution is 2.20. The lowest BCUT2D eigenvalue weighted by molar-refractivity contribution is 0.0697. The number of hydrogen-bond donors (Lipinski definition) is 1. The Balaban J connectivity index is 2.55. The molecule has 0 aliphatic carbocycles. The Morgan fingerprint density at radius 3 is 2.55 bits per heavy atom. The Morgan fingerprint density at radius 1 is 1.10 bits per heavy atom. The van der Waals surface area contributed by atoms with Crippen LogP contribution in [0.2, 0.25) is 0 Å². The van der Waals surface area contributed by atoms with Gasteiger partial charge in [-0.25, -0.2) is 9.18 Å². The number of carbonyl (C=O) groups is 1. The number of fused-ring (bicyclic) bond motifs is 2. The Labute approximate surface area is 112 Å². The van der Waals surface area contributed by atoms with Crippen molar-refractivity contribution in [3.05, 3.63) is 58.0 Å². The molecule has 4 nitrogen and oxygen atoms in total. The quantitative estimate of drug-likeness (QED) is 0.692. The highest BCUT2D eigenvalue weighted by molar-refractivity contribution is 5.98. The van der Waals surface area contributed by atoms with Crippen LogP contribution in [0.25, 0.3) is 21.8 Å². The van der Waals surface area contributed by atoms with E-state index in [2.05, 4.69) is 0 Å². The molecule has 0 atom stereocenters. The van der Waals surface area contributed by atoms with Crippen LogP contribution < -0.4 is 5.43 Å². The molecule has 100 valence electrons. The monoisotopic (exact) mass is 271 g/mol. The van der Waals surface area contributed by atoms with Gasteiger partial charge in [-0.05, 0) is 36.4 Å². The molecule has 0 aliphatic heterocycles. The lowest BCUT2D eigenvalue weighted by Gasteiger charge is -2.10. The van der Waals surface area contributed by atoms with Crippen LogP contribution in [0.3, 0.4) is 0 Å². The van der Waals surface area contributed by atoms with Crippen LogP contribution in [0.5, 0.6) is 0 Å². The second-order valence-corrected chi connectivity index (χ2v) is 4.59. The van der Waals surface area contributed by atoms with Gasteiger partial charge in [0.25, 0.3) is 0 Å². The van der Waals surface area contributed by atoms with E-state index in [1.165, 1.54) is 30.3 Å². The number of halogens is 1. The Kier molecular flexibility index (Phi) is 2.57. The predicted molar refractivity (Wildman–Crippen MR) is 73.6 cm³/mol. The second-order valence-electron chi connectivity index (χ2n) is 4.59. The molecule has 0 saturated carbocycles. The van der Waals surface area contributed by atoms with Gasteiger partial charge in [0.2, 0.25) is 0 Å². The van der Waals surface area contributed by atoms with E-state index < -0.39 is 11.8 Å². The van der Waals surface area contributed by atoms with Crippen molar-refractivity contribution in [1.82, 2.24) is 4.57 Å². The number of aromatic carboxylic acids is 1. The van der Waals surface area contributed by atoms with E-state index >= 15 is 0 Å². The molecule has 0 fully saturated rings. The summed E-state index contributed by atoms with van der Waals surface area (Å²) in [5.41, 5.74) is 0.802. The standard InChI is InChI=1S/C15H10FNO3/c1-17-12-5-2-8(15(19)20)6-11(12)14(18)10-4-3-9(16)7-13(10)17/h2-7H,1H3,(H,19,20). The van der Waals surface area contributed by atoms with Crippen molar-refractivity contribution in [2.75, 3.05) is 0 Å². The molecule has 0 saturated heterocycles. The summed E-state index contributed by atoms with van der Waals surface area (Å²) in [4.78, 5) is 23.4. The van der Waals surface area contributed by atoms with Gasteiger partial charge in [0, 0.05) is 17.8 Å². The first kappa shape index (κ1) is 12.3. The topological polar surface area (TPSA) is 59.3 Å². The number of carboxylic acid groups (broad SMARTS) is 1. The van der Waals surface area contributed by atoms with E-state index in [9.17, 15) is 14.0 Å². The number of aryl methyl sites for hydroxylation is 1. The van der Waals surface area contributed by atoms with Gasteiger partial charge >= 0.3 is 5.97 Å². The van der Waals surface area contributed by atoms with Crippen molar-refractivity contribution in [3.8, 4) is 0 Å². The molecule has 1 N–H and O–H groups in total. The third kappa shape index (κ3) is 1.67. The number of carboxylic acids is 1. The fourth-order valence-corrected chi connectivity index (χ4v) is 2.39. The maximum Gasteiger partial charge on any atom is 0.335 e. The summed E-state index contributed by atoms with van der Waals surface area (Å²) in [5.74, 6) is -1.51. The molecule has 5 heteroatoms. The molecular formula is C15H10FNO3. The minimum Gasteiger partial charge on any atom is -0.478 e. The molecule has 0 radical (unpaired) electrons. The molecule has 0 spiro atoms. The number of aromatic nitrogens is 1. The van der Waals surface area contributed by atoms with Crippen molar-refractivity contribution in [2.45, 2.75) is 0 Å². The first-order valence-electron chi connectivity index (χ1n) is 5.94. The maximum atomic E-state index is 13.3. The minimum absolute atomic E-state index is 0.0519. The van der Waals surface area contributed by atoms with E-state index in [1.807, 2.05) is 0 Å². The first-order valence-corrected chi connectivity index (χ1v) is 5.94. The molecule has 1 aromatic heterocycles. The molecule has 0 bridgehead atoms. The van der Waals surface area contributed by atoms with Gasteiger partial charge in [0.15, 0.2) is 5.43 Å². The zero-order chi connectivity index (χ0) is 14.4. The molecule has 3 aromatic rings. The molecule has 0 aliphatic rings. The maximum absolute atomic E-state index is 13.3. The predicted octanol–water partition coefficient (Wildman–Crippen LogP) is 2.53. The van der Waals surface area contributed by atoms with Crippen molar-refractivity contribution >= 4 is 27.8 Å². The van der Waals surface area contributed by atoms with Crippen molar-refractivity contribution in [3.63, 3.8) is 0 Å². The fraction of sp³-hybridized carbons (Fsp3) is 0.0667. The van der Waals surface area contributed by atoms with Crippen LogP contribution in [-0.4, -0.2) is 15.6 Å². The van der Waals surface area contributed by atoms with Crippen LogP contribution in [0.4, 0.5) is 4.39 Å². The van der Waals surface area contributed by atoms with Crippen LogP contribution in [0.1, 0.15) is 10.4 Å². The third-order valence-corrected chi connectivity index (χ3v) is 3.42. The molecule has 3 rings (SSSR count). The summed E-state index contributed by atoms with van der Waals surface area (Å²) >= 11 is 0. The largest absolute Gasteiger partial charge is 0.478 e. The van der Waals surface area contributed by atoms with Gasteiger partial charge in [0.05, 0.1) is 16.6 Å². The van der Waals surface area contributed by atoms with E-state index in [1.54, 1.807) is 17.7 Å². The summed E-state index contributed by atoms with van der Waals surface area (Å²) < 4.78 is 15.0. The molecule has 1 heterocycles. The zero-order valence-electron chi connectivity index (χ0n) is 10.6. The van der Waals surface area contributed by atoms with Crippen molar-refractivity contribution in [1.29, 1.82) is 0 Å². The lowest BCUT2D eigenvalue weighted by Crippen LogP contribution is -2.10. The summed E-state index contributed by atoms with van der Waals surface area (Å²) in [6.07, 6.45) is 0. The van der Waals surface area contributed by atoms with Crippen LogP contribution in [0, 0.1) is 5.82 Å². The Morgan fingerprint density at radius 2 is 1.85 bits per heavy atom. The van der Waals surface area contributed by atoms with Crippen LogP contribution in [0.15, 0.2) is 41.2 Å². The first-order chi connectivity index (χ1) is 9.49. The van der Waals surface area contributed by atoms with E-state index in [0.29, 0.717) is 21.8 Å². The number of pyridine rings is 1. The average Bonchev–Trinajstić information content (AvgIpc) is 2.44. The van der Waals surface area contributed by atoms with Gasteiger partial charge in [-0.2, -0.15) is 0 Å². The van der Waals surface area contributed by atoms with Gasteiger partial charge in [-0.15, -0.1) is 0 Å². The van der Waals surface area contributed by atoms with Crippen LogP contribution in [-0.2, 0) is 7.05 Å². The molecule has 0 amide bonds. The number of benzene rings is 2. The van der Waals surface area contributed by atoms with Gasteiger partial charge in [-0.1, -0.05) is 0 Å². The molecule has 20 heavy (non-hydrogen) atoms. The van der Waals surface area contributed by atoms with E-state index in [-0.39, 0.29) is 11.0 Å². The third-order valence-electron chi connectivity index (χ3n) is 3.42. The van der Waals surface area contributed by atoms with E-state index in [0.717, 1.165) is 0 Å². The SMILES string of the molecule is Cn1c2ccc(C(=O)O)cc2c(=O)c2ccc(F)cc21. The van der Waals surface area contributed by atoms with Gasteiger partial charge in [0.1, 0.15) is 5.82 Å². The minimum atomic E-state index is -1.09. The van der Waals surface area contributed by atoms with E-state index in [4.69, 9.17) is 5.11 Å². The smallest absolute Gasteiger partial charge is 0.335 e. The average molecular weight is 271 g/mol. The molecular weight excluding hydrogens is 261 g/mol. The fourth-order valence-electron chi connectivity index (χ4n) is 2.39. The Hall–Kier alpha value is -2.69. The van der Waals surface area contributed by atoms with Crippen molar-refractivity contribution < 1.29 is 14.3 Å². The summed E-state index contributed by atoms with van der Waals surface area (Å²) in [7, 11) is 1.71. The second kappa shape index (κ2) is 4.16. The lowest BCUT2D eigenvalue weighted by atomic mass is 10.1. The summed E-state index contributed by atoms with van der Waals surface area (Å²) in [5, 5.41) is 9.67. The normalized spacial score (nSPS) is 11.1. The number of hydrogen-bond acceptors (Lipinski definition) is 2. The number of rotatable bonds is 1. The zero-order valence-corrected chi connectivity index (χ0v) is 10.6. The van der Waals surface area contributed by atoms with Crippen molar-refractivity contribution in [2.24, 2.45) is 7.05 Å². The molecule has 2 aromatic carbocycles. The summed E-state index contributed by atoms with van der Waals surface area (Å²) in [6, 6.07) is 8.26. The summed E-state index contributed by atoms with van der Waals surface area (Å²) in [6.45, 7) is 0. The van der Waals surface area contributed by atoms with Gasteiger partial charge < -0.3 is 9.67 Å². The highest BCUT2D eigenvalue weighted by Gasteiger charge is 2.12. The number of nitrogens with zero attached hydrogens (tertiary/aromatic N) is 1. The van der Waals surface area contributed by atoms with Gasteiger partial charge in [-0.3, -0.25) is 4.79 Å². The Bertz CT molecular complexity index is 928. The van der Waals surface area contributed by atoms with Crippen LogP contribution >= 0.6 is 0 Å². The molecule has 0 unspecified atom stereocenters.